The highest BCUT2D eigenvalue weighted by molar-refractivity contribution is 5.93. The van der Waals surface area contributed by atoms with Crippen molar-refractivity contribution in [2.45, 2.75) is 25.3 Å². The van der Waals surface area contributed by atoms with Crippen molar-refractivity contribution in [1.82, 2.24) is 4.90 Å². The number of cyclic esters (lactones) is 1. The zero-order chi connectivity index (χ0) is 16.1. The lowest BCUT2D eigenvalue weighted by Gasteiger charge is -2.19. The highest BCUT2D eigenvalue weighted by atomic mass is 16.6. The lowest BCUT2D eigenvalue weighted by molar-refractivity contribution is -0.129. The Bertz CT molecular complexity index is 670. The highest BCUT2D eigenvalue weighted by Crippen LogP contribution is 2.19. The molecule has 0 unspecified atom stereocenters. The van der Waals surface area contributed by atoms with Crippen molar-refractivity contribution >= 4 is 12.0 Å². The Hall–Kier alpha value is -2.62. The van der Waals surface area contributed by atoms with Crippen LogP contribution < -0.4 is 0 Å². The molecule has 0 radical (unpaired) electrons. The van der Waals surface area contributed by atoms with Gasteiger partial charge in [0.1, 0.15) is 6.61 Å². The van der Waals surface area contributed by atoms with Gasteiger partial charge in [0.05, 0.1) is 6.04 Å². The maximum absolute atomic E-state index is 12.5. The van der Waals surface area contributed by atoms with Gasteiger partial charge in [-0.3, -0.25) is 4.79 Å². The van der Waals surface area contributed by atoms with Crippen LogP contribution in [0.1, 0.15) is 17.5 Å². The first-order chi connectivity index (χ1) is 11.2. The minimum atomic E-state index is -0.524. The number of hydrogen-bond donors (Lipinski definition) is 0. The number of carbonyl (C=O) groups is 2. The molecule has 118 valence electrons. The first-order valence-electron chi connectivity index (χ1n) is 7.80. The summed E-state index contributed by atoms with van der Waals surface area (Å²) in [6.45, 7) is 0.269. The molecule has 3 rings (SSSR count). The fourth-order valence-corrected chi connectivity index (χ4v) is 2.82. The van der Waals surface area contributed by atoms with Gasteiger partial charge in [-0.05, 0) is 24.0 Å². The number of rotatable bonds is 5. The van der Waals surface area contributed by atoms with E-state index in [1.165, 1.54) is 4.90 Å². The normalized spacial score (nSPS) is 17.1. The molecule has 1 saturated heterocycles. The van der Waals surface area contributed by atoms with Crippen LogP contribution in [0.5, 0.6) is 0 Å². The van der Waals surface area contributed by atoms with Crippen LogP contribution in [0.3, 0.4) is 0 Å². The molecular formula is C19H19NO3. The number of imide groups is 1. The van der Waals surface area contributed by atoms with E-state index in [1.807, 2.05) is 60.7 Å². The molecule has 2 amide bonds. The summed E-state index contributed by atoms with van der Waals surface area (Å²) in [4.78, 5) is 25.7. The third-order valence-corrected chi connectivity index (χ3v) is 4.01. The van der Waals surface area contributed by atoms with Crippen LogP contribution in [0.2, 0.25) is 0 Å². The molecular weight excluding hydrogens is 290 g/mol. The van der Waals surface area contributed by atoms with Crippen molar-refractivity contribution in [3.05, 3.63) is 71.8 Å². The molecule has 0 spiro atoms. The largest absolute Gasteiger partial charge is 0.447 e. The number of carbonyl (C=O) groups excluding carboxylic acids is 2. The maximum atomic E-state index is 12.5. The lowest BCUT2D eigenvalue weighted by Crippen LogP contribution is -2.40. The van der Waals surface area contributed by atoms with Crippen molar-refractivity contribution in [2.24, 2.45) is 0 Å². The molecule has 0 aromatic heterocycles. The SMILES string of the molecule is O=C(CCc1ccccc1)N1C(=O)OC[C@@H]1Cc1ccccc1. The number of nitrogens with zero attached hydrogens (tertiary/aromatic N) is 1. The van der Waals surface area contributed by atoms with E-state index in [-0.39, 0.29) is 18.6 Å². The fraction of sp³-hybridized carbons (Fsp3) is 0.263. The number of ether oxygens (including phenoxy) is 1. The average molecular weight is 309 g/mol. The molecule has 0 aliphatic carbocycles. The number of aryl methyl sites for hydroxylation is 1. The Kier molecular flexibility index (Phi) is 4.71. The second kappa shape index (κ2) is 7.09. The predicted molar refractivity (Wildman–Crippen MR) is 86.9 cm³/mol. The second-order valence-electron chi connectivity index (χ2n) is 5.67. The summed E-state index contributed by atoms with van der Waals surface area (Å²) in [6, 6.07) is 19.4. The topological polar surface area (TPSA) is 46.6 Å². The molecule has 1 heterocycles. The van der Waals surface area contributed by atoms with Gasteiger partial charge in [-0.1, -0.05) is 60.7 Å². The zero-order valence-corrected chi connectivity index (χ0v) is 12.9. The van der Waals surface area contributed by atoms with Gasteiger partial charge in [0.25, 0.3) is 0 Å². The van der Waals surface area contributed by atoms with Gasteiger partial charge in [0, 0.05) is 6.42 Å². The van der Waals surface area contributed by atoms with Gasteiger partial charge in [-0.2, -0.15) is 0 Å². The van der Waals surface area contributed by atoms with Gasteiger partial charge < -0.3 is 4.74 Å². The molecule has 4 heteroatoms. The maximum Gasteiger partial charge on any atom is 0.416 e. The third kappa shape index (κ3) is 3.77. The molecule has 1 aliphatic rings. The Morgan fingerprint density at radius 1 is 1.00 bits per heavy atom. The zero-order valence-electron chi connectivity index (χ0n) is 12.9. The number of benzene rings is 2. The Balaban J connectivity index is 1.63. The van der Waals surface area contributed by atoms with Crippen LogP contribution in [0.4, 0.5) is 4.79 Å². The minimum Gasteiger partial charge on any atom is -0.447 e. The van der Waals surface area contributed by atoms with E-state index in [0.29, 0.717) is 19.3 Å². The summed E-state index contributed by atoms with van der Waals surface area (Å²) in [7, 11) is 0. The minimum absolute atomic E-state index is 0.169. The Morgan fingerprint density at radius 2 is 1.61 bits per heavy atom. The van der Waals surface area contributed by atoms with Gasteiger partial charge in [0.2, 0.25) is 5.91 Å². The predicted octanol–water partition coefficient (Wildman–Crippen LogP) is 3.21. The quantitative estimate of drug-likeness (QED) is 0.852. The van der Waals surface area contributed by atoms with Crippen molar-refractivity contribution in [1.29, 1.82) is 0 Å². The van der Waals surface area contributed by atoms with Gasteiger partial charge in [-0.25, -0.2) is 9.69 Å². The molecule has 0 N–H and O–H groups in total. The van der Waals surface area contributed by atoms with E-state index in [2.05, 4.69) is 0 Å². The van der Waals surface area contributed by atoms with Crippen LogP contribution in [-0.4, -0.2) is 29.5 Å². The van der Waals surface area contributed by atoms with Gasteiger partial charge in [-0.15, -0.1) is 0 Å². The Labute approximate surface area is 135 Å². The molecule has 2 aromatic carbocycles. The molecule has 1 fully saturated rings. The summed E-state index contributed by atoms with van der Waals surface area (Å²) in [5.41, 5.74) is 2.18. The van der Waals surface area contributed by atoms with E-state index in [1.54, 1.807) is 0 Å². The molecule has 2 aromatic rings. The van der Waals surface area contributed by atoms with Gasteiger partial charge in [0.15, 0.2) is 0 Å². The monoisotopic (exact) mass is 309 g/mol. The molecule has 4 nitrogen and oxygen atoms in total. The number of amides is 2. The lowest BCUT2D eigenvalue weighted by atomic mass is 10.0. The summed E-state index contributed by atoms with van der Waals surface area (Å²) in [6.07, 6.45) is 1.04. The van der Waals surface area contributed by atoms with Crippen LogP contribution in [0, 0.1) is 0 Å². The van der Waals surface area contributed by atoms with Crippen LogP contribution in [0.15, 0.2) is 60.7 Å². The van der Waals surface area contributed by atoms with Crippen molar-refractivity contribution in [3.8, 4) is 0 Å². The first kappa shape index (κ1) is 15.3. The van der Waals surface area contributed by atoms with E-state index >= 15 is 0 Å². The standard InChI is InChI=1S/C19H19NO3/c21-18(12-11-15-7-3-1-4-8-15)20-17(14-23-19(20)22)13-16-9-5-2-6-10-16/h1-10,17H,11-14H2/t17-/m0/s1. The van der Waals surface area contributed by atoms with Crippen molar-refractivity contribution in [2.75, 3.05) is 6.61 Å². The first-order valence-corrected chi connectivity index (χ1v) is 7.80. The van der Waals surface area contributed by atoms with Crippen LogP contribution >= 0.6 is 0 Å². The van der Waals surface area contributed by atoms with Crippen LogP contribution in [0.25, 0.3) is 0 Å². The summed E-state index contributed by atoms with van der Waals surface area (Å²) < 4.78 is 5.09. The van der Waals surface area contributed by atoms with Crippen LogP contribution in [-0.2, 0) is 22.4 Å². The summed E-state index contributed by atoms with van der Waals surface area (Å²) in [5.74, 6) is -0.169. The van der Waals surface area contributed by atoms with E-state index in [9.17, 15) is 9.59 Å². The van der Waals surface area contributed by atoms with E-state index in [0.717, 1.165) is 11.1 Å². The van der Waals surface area contributed by atoms with Gasteiger partial charge >= 0.3 is 6.09 Å². The van der Waals surface area contributed by atoms with E-state index < -0.39 is 6.09 Å². The number of hydrogen-bond acceptors (Lipinski definition) is 3. The average Bonchev–Trinajstić information content (AvgIpc) is 2.95. The molecule has 1 atom stereocenters. The molecule has 23 heavy (non-hydrogen) atoms. The van der Waals surface area contributed by atoms with E-state index in [4.69, 9.17) is 4.74 Å². The smallest absolute Gasteiger partial charge is 0.416 e. The van der Waals surface area contributed by atoms with Crippen molar-refractivity contribution in [3.63, 3.8) is 0 Å². The van der Waals surface area contributed by atoms with Crippen molar-refractivity contribution < 1.29 is 14.3 Å². The summed E-state index contributed by atoms with van der Waals surface area (Å²) in [5, 5.41) is 0. The molecule has 0 saturated carbocycles. The summed E-state index contributed by atoms with van der Waals surface area (Å²) >= 11 is 0. The molecule has 1 aliphatic heterocycles. The highest BCUT2D eigenvalue weighted by Gasteiger charge is 2.37. The fourth-order valence-electron chi connectivity index (χ4n) is 2.82. The second-order valence-corrected chi connectivity index (χ2v) is 5.67. The molecule has 0 bridgehead atoms. The Morgan fingerprint density at radius 3 is 2.26 bits per heavy atom. The third-order valence-electron chi connectivity index (χ3n) is 4.01.